The van der Waals surface area contributed by atoms with Crippen molar-refractivity contribution in [2.45, 2.75) is 44.7 Å². The van der Waals surface area contributed by atoms with Crippen molar-refractivity contribution >= 4 is 29.5 Å². The Labute approximate surface area is 241 Å². The number of likely N-dealkylation sites (tertiary alicyclic amines) is 1. The molecule has 4 amide bonds. The molecule has 2 aromatic carbocycles. The number of fused-ring (bicyclic) bond motifs is 1. The van der Waals surface area contributed by atoms with Gasteiger partial charge in [-0.05, 0) is 38.0 Å². The van der Waals surface area contributed by atoms with Gasteiger partial charge >= 0.3 is 6.09 Å². The molecule has 42 heavy (non-hydrogen) atoms. The quantitative estimate of drug-likeness (QED) is 0.392. The van der Waals surface area contributed by atoms with Crippen LogP contribution in [0.15, 0.2) is 53.6 Å². The minimum Gasteiger partial charge on any atom is -0.493 e. The monoisotopic (exact) mass is 585 g/mol. The van der Waals surface area contributed by atoms with E-state index in [0.717, 1.165) is 17.7 Å². The summed E-state index contributed by atoms with van der Waals surface area (Å²) >= 11 is 0. The molecule has 11 nitrogen and oxygen atoms in total. The van der Waals surface area contributed by atoms with Crippen LogP contribution in [0.25, 0.3) is 0 Å². The van der Waals surface area contributed by atoms with Crippen LogP contribution >= 0.6 is 0 Å². The smallest absolute Gasteiger partial charge is 0.405 e. The third-order valence-corrected chi connectivity index (χ3v) is 7.42. The van der Waals surface area contributed by atoms with E-state index in [2.05, 4.69) is 15.7 Å². The molecule has 0 aliphatic carbocycles. The molecule has 0 saturated carbocycles. The summed E-state index contributed by atoms with van der Waals surface area (Å²) in [5.74, 6) is -3.62. The van der Waals surface area contributed by atoms with Crippen LogP contribution in [0.2, 0.25) is 0 Å². The zero-order valence-corrected chi connectivity index (χ0v) is 23.5. The van der Waals surface area contributed by atoms with Gasteiger partial charge in [0.05, 0.1) is 12.3 Å². The Bertz CT molecular complexity index is 1400. The van der Waals surface area contributed by atoms with E-state index < -0.39 is 46.5 Å². The summed E-state index contributed by atoms with van der Waals surface area (Å²) < 4.78 is 32.5. The van der Waals surface area contributed by atoms with Gasteiger partial charge in [0.25, 0.3) is 5.91 Å². The number of rotatable bonds is 10. The Kier molecular flexibility index (Phi) is 8.78. The van der Waals surface area contributed by atoms with Crippen molar-refractivity contribution in [3.63, 3.8) is 0 Å². The van der Waals surface area contributed by atoms with Crippen LogP contribution in [0.4, 0.5) is 13.6 Å². The van der Waals surface area contributed by atoms with E-state index in [-0.39, 0.29) is 37.8 Å². The molecule has 2 atom stereocenters. The van der Waals surface area contributed by atoms with E-state index in [1.807, 2.05) is 30.3 Å². The maximum Gasteiger partial charge on any atom is 0.405 e. The van der Waals surface area contributed by atoms with E-state index in [9.17, 15) is 28.0 Å². The summed E-state index contributed by atoms with van der Waals surface area (Å²) in [5, 5.41) is 19.6. The number of hydrogen-bond acceptors (Lipinski definition) is 6. The van der Waals surface area contributed by atoms with Crippen LogP contribution in [0.1, 0.15) is 32.3 Å². The van der Waals surface area contributed by atoms with Gasteiger partial charge in [-0.1, -0.05) is 30.3 Å². The molecule has 13 heteroatoms. The minimum absolute atomic E-state index is 0.0237. The highest BCUT2D eigenvalue weighted by atomic mass is 19.2. The van der Waals surface area contributed by atoms with Crippen LogP contribution in [0, 0.1) is 17.0 Å². The molecule has 1 saturated heterocycles. The highest BCUT2D eigenvalue weighted by Gasteiger charge is 2.54. The molecular formula is C29H33F2N5O6. The fourth-order valence-corrected chi connectivity index (χ4v) is 5.22. The van der Waals surface area contributed by atoms with Crippen molar-refractivity contribution in [1.29, 1.82) is 0 Å². The van der Waals surface area contributed by atoms with Gasteiger partial charge in [-0.2, -0.15) is 5.10 Å². The second kappa shape index (κ2) is 12.1. The van der Waals surface area contributed by atoms with Crippen molar-refractivity contribution in [2.75, 3.05) is 26.7 Å². The molecule has 224 valence electrons. The predicted octanol–water partition coefficient (Wildman–Crippen LogP) is 2.55. The van der Waals surface area contributed by atoms with Gasteiger partial charge in [0, 0.05) is 39.0 Å². The number of carboxylic acid groups (broad SMARTS) is 1. The van der Waals surface area contributed by atoms with Gasteiger partial charge in [-0.15, -0.1) is 0 Å². The Morgan fingerprint density at radius 3 is 2.52 bits per heavy atom. The van der Waals surface area contributed by atoms with Crippen molar-refractivity contribution in [2.24, 2.45) is 10.5 Å². The number of benzene rings is 2. The summed E-state index contributed by atoms with van der Waals surface area (Å²) in [7, 11) is 1.57. The number of hydrazone groups is 1. The highest BCUT2D eigenvalue weighted by Crippen LogP contribution is 2.38. The number of amides is 4. The van der Waals surface area contributed by atoms with E-state index in [1.165, 1.54) is 29.8 Å². The predicted molar refractivity (Wildman–Crippen MR) is 148 cm³/mol. The summed E-state index contributed by atoms with van der Waals surface area (Å²) in [5.41, 5.74) is -1.08. The molecule has 2 aliphatic rings. The lowest BCUT2D eigenvalue weighted by Gasteiger charge is -2.41. The Morgan fingerprint density at radius 1 is 1.14 bits per heavy atom. The van der Waals surface area contributed by atoms with Gasteiger partial charge < -0.3 is 25.4 Å². The zero-order chi connectivity index (χ0) is 30.7. The first-order chi connectivity index (χ1) is 19.8. The van der Waals surface area contributed by atoms with Crippen LogP contribution in [-0.2, 0) is 20.8 Å². The van der Waals surface area contributed by atoms with Crippen LogP contribution in [0.5, 0.6) is 5.75 Å². The molecule has 0 radical (unpaired) electrons. The number of piperidine rings is 1. The molecule has 0 bridgehead atoms. The molecule has 2 aromatic rings. The van der Waals surface area contributed by atoms with Crippen molar-refractivity contribution in [3.05, 3.63) is 65.7 Å². The van der Waals surface area contributed by atoms with Crippen molar-refractivity contribution in [3.8, 4) is 5.75 Å². The summed E-state index contributed by atoms with van der Waals surface area (Å²) in [6.45, 7) is 2.80. The van der Waals surface area contributed by atoms with Gasteiger partial charge in [0.1, 0.15) is 22.7 Å². The summed E-state index contributed by atoms with van der Waals surface area (Å²) in [6, 6.07) is 11.2. The van der Waals surface area contributed by atoms with E-state index in [4.69, 9.17) is 9.84 Å². The molecule has 2 unspecified atom stereocenters. The Morgan fingerprint density at radius 2 is 1.86 bits per heavy atom. The number of carbonyl (C=O) groups is 4. The number of nitrogens with one attached hydrogen (secondary N) is 2. The summed E-state index contributed by atoms with van der Waals surface area (Å²) in [4.78, 5) is 53.2. The fraction of sp³-hybridized carbons (Fsp3) is 0.414. The first-order valence-electron chi connectivity index (χ1n) is 13.4. The maximum atomic E-state index is 13.9. The normalized spacial score (nSPS) is 19.1. The van der Waals surface area contributed by atoms with E-state index in [0.29, 0.717) is 18.6 Å². The lowest BCUT2D eigenvalue weighted by atomic mass is 9.73. The average Bonchev–Trinajstić information content (AvgIpc) is 3.18. The average molecular weight is 586 g/mol. The largest absolute Gasteiger partial charge is 0.493 e. The second-order valence-corrected chi connectivity index (χ2v) is 10.9. The van der Waals surface area contributed by atoms with Gasteiger partial charge in [0.2, 0.25) is 11.8 Å². The minimum atomic E-state index is -1.58. The maximum absolute atomic E-state index is 13.9. The molecule has 3 N–H and O–H groups in total. The van der Waals surface area contributed by atoms with E-state index in [1.54, 1.807) is 7.05 Å². The van der Waals surface area contributed by atoms with Crippen LogP contribution in [0.3, 0.4) is 0 Å². The lowest BCUT2D eigenvalue weighted by Crippen LogP contribution is -2.62. The topological polar surface area (TPSA) is 141 Å². The first-order valence-corrected chi connectivity index (χ1v) is 13.4. The van der Waals surface area contributed by atoms with Crippen LogP contribution < -0.4 is 15.4 Å². The second-order valence-electron chi connectivity index (χ2n) is 10.9. The Hall–Kier alpha value is -4.55. The van der Waals surface area contributed by atoms with Gasteiger partial charge in [0.15, 0.2) is 11.6 Å². The number of carbonyl (C=O) groups excluding carboxylic acids is 3. The zero-order valence-electron chi connectivity index (χ0n) is 23.5. The molecule has 2 heterocycles. The third kappa shape index (κ3) is 6.50. The van der Waals surface area contributed by atoms with Gasteiger partial charge in [-0.3, -0.25) is 14.4 Å². The number of halogens is 2. The van der Waals surface area contributed by atoms with E-state index >= 15 is 0 Å². The molecule has 2 aliphatic heterocycles. The number of ether oxygens (including phenoxy) is 1. The molecule has 0 spiro atoms. The van der Waals surface area contributed by atoms with Crippen molar-refractivity contribution < 1.29 is 37.8 Å². The van der Waals surface area contributed by atoms with Crippen molar-refractivity contribution in [1.82, 2.24) is 20.5 Å². The molecular weight excluding hydrogens is 552 g/mol. The summed E-state index contributed by atoms with van der Waals surface area (Å²) in [6.07, 6.45) is -0.837. The van der Waals surface area contributed by atoms with Crippen LogP contribution in [-0.4, -0.2) is 82.9 Å². The first kappa shape index (κ1) is 30.4. The third-order valence-electron chi connectivity index (χ3n) is 7.42. The number of hydrogen-bond donors (Lipinski definition) is 3. The highest BCUT2D eigenvalue weighted by molar-refractivity contribution is 6.13. The fourth-order valence-electron chi connectivity index (χ4n) is 5.22. The standard InChI is InChI=1S/C29H33F2N5O6/c1-28(2,33-27(40)41)25(38)32-22(12-14-42-19-9-10-20(30)21(31)15-19)24(37)36-13-11-23-29(17-36,26(39)35(3)34-23)16-18-7-5-4-6-8-18/h4-10,15,22,33H,11-14,16-17H2,1-3H3,(H,32,38)(H,40,41). The molecule has 0 aromatic heterocycles. The van der Waals surface area contributed by atoms with Gasteiger partial charge in [-0.25, -0.2) is 18.6 Å². The number of nitrogens with zero attached hydrogens (tertiary/aromatic N) is 3. The lowest BCUT2D eigenvalue weighted by molar-refractivity contribution is -0.142. The Balaban J connectivity index is 1.56. The SMILES string of the molecule is CN1N=C2CCN(C(=O)C(CCOc3ccc(F)c(F)c3)NC(=O)C(C)(C)NC(=O)O)CC2(Cc2ccccc2)C1=O. The molecule has 1 fully saturated rings. The molecule has 4 rings (SSSR count).